The number of rotatable bonds is 5. The van der Waals surface area contributed by atoms with Gasteiger partial charge in [0.25, 0.3) is 0 Å². The van der Waals surface area contributed by atoms with Gasteiger partial charge in [-0.25, -0.2) is 0 Å². The average Bonchev–Trinajstić information content (AvgIpc) is 1.49. The Kier molecular flexibility index (Phi) is 13.7. The number of benzene rings is 14. The first-order valence-corrected chi connectivity index (χ1v) is 45.6. The van der Waals surface area contributed by atoms with Gasteiger partial charge in [-0.05, 0) is 273 Å². The first-order valence-electron chi connectivity index (χ1n) is 44.8. The summed E-state index contributed by atoms with van der Waals surface area (Å²) in [5.41, 5.74) is 34.4. The van der Waals surface area contributed by atoms with Crippen molar-refractivity contribution in [2.75, 3.05) is 9.80 Å². The maximum absolute atomic E-state index is 8.21. The van der Waals surface area contributed by atoms with Crippen LogP contribution in [0.1, 0.15) is 206 Å². The fourth-order valence-corrected chi connectivity index (χ4v) is 27.2. The van der Waals surface area contributed by atoms with Gasteiger partial charge < -0.3 is 23.2 Å². The molecule has 18 aromatic rings. The standard InChI is InChI=1S/C112H100B2N4OS/c1-105(2)45-46-107(5,6)83-57-68(40-42-81(83)105)116-100-72-32-22-18-27-65(72)55-78-74-34-23-33-73-75-41-37-64-26-16-21-31-71(64)97(75)118(98(73)74)113(95(78)100)103-101(116)79-59-85-88(61-91(79)119-103)112(14,52-50-110(85,11)12)54-53-111(13)51-49-106(3,4)82-43-39-67(58-87(82)111)115-90-56-66-28-17-20-30-70(66)94-77-36-24-35-76-93-69-29-19-15-25-63(69)38-44-89(93)117(99(76)77)114(96(90)94)104-102(115)80-60-84-86(62-92(80)120-104)109(9,10)48-47-108(84,7)8/h15-44,55-62H,45-54H2,1-14H3. The lowest BCUT2D eigenvalue weighted by molar-refractivity contribution is 0.238. The molecule has 0 saturated carbocycles. The maximum atomic E-state index is 8.21. The average molecular weight is 1570 g/mol. The Bertz CT molecular complexity index is 7770. The number of fused-ring (bicyclic) bond motifs is 30. The molecular formula is C112H100B2N4OS. The zero-order valence-corrected chi connectivity index (χ0v) is 72.6. The predicted octanol–water partition coefficient (Wildman–Crippen LogP) is 28.1. The Balaban J connectivity index is 0.667. The molecule has 0 amide bonds. The predicted molar refractivity (Wildman–Crippen MR) is 514 cm³/mol. The molecule has 14 aromatic carbocycles. The summed E-state index contributed by atoms with van der Waals surface area (Å²) >= 11 is 2.07. The molecule has 4 aromatic heterocycles. The number of furan rings is 1. The third-order valence-electron chi connectivity index (χ3n) is 33.0. The van der Waals surface area contributed by atoms with Crippen molar-refractivity contribution >= 4 is 188 Å². The molecule has 0 saturated heterocycles. The number of anilines is 6. The zero-order chi connectivity index (χ0) is 81.1. The van der Waals surface area contributed by atoms with E-state index in [1.54, 1.807) is 0 Å². The second kappa shape index (κ2) is 23.1. The van der Waals surface area contributed by atoms with Gasteiger partial charge in [-0.15, -0.1) is 11.3 Å². The summed E-state index contributed by atoms with van der Waals surface area (Å²) in [5, 5.41) is 18.1. The Morgan fingerprint density at radius 3 is 1.53 bits per heavy atom. The van der Waals surface area contributed by atoms with E-state index in [-0.39, 0.29) is 57.0 Å². The van der Waals surface area contributed by atoms with Gasteiger partial charge in [0.05, 0.1) is 17.1 Å². The minimum Gasteiger partial charge on any atom is -0.466 e. The lowest BCUT2D eigenvalue weighted by Gasteiger charge is -2.48. The first kappa shape index (κ1) is 70.8. The van der Waals surface area contributed by atoms with Gasteiger partial charge >= 0.3 is 13.7 Å². The summed E-state index contributed by atoms with van der Waals surface area (Å²) in [5.74, 6) is 0. The van der Waals surface area contributed by atoms with E-state index < -0.39 is 0 Å². The van der Waals surface area contributed by atoms with Crippen LogP contribution in [-0.2, 0) is 43.3 Å². The Morgan fingerprint density at radius 2 is 0.833 bits per heavy atom. The fourth-order valence-electron chi connectivity index (χ4n) is 25.8. The molecule has 5 nitrogen and oxygen atoms in total. The molecule has 0 fully saturated rings. The van der Waals surface area contributed by atoms with Crippen molar-refractivity contribution in [3.63, 3.8) is 0 Å². The Hall–Kier alpha value is -11.1. The van der Waals surface area contributed by atoms with Gasteiger partial charge in [0, 0.05) is 103 Å². The van der Waals surface area contributed by atoms with E-state index >= 15 is 0 Å². The van der Waals surface area contributed by atoms with Crippen molar-refractivity contribution in [3.05, 3.63) is 275 Å². The molecule has 4 aliphatic carbocycles. The number of para-hydroxylation sites is 2. The number of aromatic nitrogens is 2. The van der Waals surface area contributed by atoms with E-state index in [9.17, 15) is 0 Å². The molecule has 0 bridgehead atoms. The minimum absolute atomic E-state index is 0.0108. The highest BCUT2D eigenvalue weighted by Gasteiger charge is 2.53. The third-order valence-corrected chi connectivity index (χ3v) is 34.2. The van der Waals surface area contributed by atoms with Gasteiger partial charge in [-0.1, -0.05) is 261 Å². The molecule has 0 spiro atoms. The van der Waals surface area contributed by atoms with Crippen molar-refractivity contribution in [1.29, 1.82) is 0 Å². The van der Waals surface area contributed by atoms with E-state index in [0.29, 0.717) is 0 Å². The van der Waals surface area contributed by atoms with Crippen molar-refractivity contribution < 1.29 is 4.42 Å². The van der Waals surface area contributed by atoms with Crippen molar-refractivity contribution in [2.45, 2.75) is 204 Å². The molecule has 0 N–H and O–H groups in total. The molecule has 4 aliphatic heterocycles. The van der Waals surface area contributed by atoms with Crippen LogP contribution in [-0.4, -0.2) is 22.7 Å². The largest absolute Gasteiger partial charge is 0.466 e. The van der Waals surface area contributed by atoms with Gasteiger partial charge in [0.1, 0.15) is 11.2 Å². The summed E-state index contributed by atoms with van der Waals surface area (Å²) in [4.78, 5) is 5.54. The van der Waals surface area contributed by atoms with Crippen LogP contribution in [0, 0.1) is 0 Å². The molecule has 120 heavy (non-hydrogen) atoms. The summed E-state index contributed by atoms with van der Waals surface area (Å²) in [7, 11) is 0. The third kappa shape index (κ3) is 9.06. The van der Waals surface area contributed by atoms with Crippen LogP contribution in [0.25, 0.3) is 130 Å². The van der Waals surface area contributed by atoms with Gasteiger partial charge in [0.15, 0.2) is 0 Å². The van der Waals surface area contributed by atoms with Crippen LogP contribution in [0.4, 0.5) is 34.1 Å². The van der Waals surface area contributed by atoms with Crippen LogP contribution in [0.5, 0.6) is 0 Å². The Labute approximate surface area is 708 Å². The molecule has 8 heteroatoms. The van der Waals surface area contributed by atoms with Gasteiger partial charge in [0.2, 0.25) is 0 Å². The fraction of sp³-hybridized carbons (Fsp3) is 0.286. The highest BCUT2D eigenvalue weighted by Crippen LogP contribution is 2.61. The highest BCUT2D eigenvalue weighted by molar-refractivity contribution is 7.32. The topological polar surface area (TPSA) is 29.5 Å². The summed E-state index contributed by atoms with van der Waals surface area (Å²) < 4.78 is 16.6. The highest BCUT2D eigenvalue weighted by atomic mass is 32.1. The Morgan fingerprint density at radius 1 is 0.325 bits per heavy atom. The molecule has 2 unspecified atom stereocenters. The molecule has 8 aliphatic rings. The lowest BCUT2D eigenvalue weighted by Crippen LogP contribution is -2.56. The second-order valence-electron chi connectivity index (χ2n) is 42.6. The minimum atomic E-state index is -0.264. The summed E-state index contributed by atoms with van der Waals surface area (Å²) in [6.45, 7) is 35.1. The summed E-state index contributed by atoms with van der Waals surface area (Å²) in [6, 6.07) is 92.0. The monoisotopic (exact) mass is 1570 g/mol. The molecular weight excluding hydrogens is 1470 g/mol. The SMILES string of the molecule is CC1(C)CCC(C)(C)c2cc(N3c4c5c(cc6ccccc46)-c4cccc6c7ccc8ccccc8c7n(c46)B5c4oc5cc6c(cc5c43)C(C)(C)CCC6(C)CCC3(C)CCC(C)(C)c4ccc(N5c6cc7ccccc7c7c6B(c6sc8cc9c(cc8c65)C(C)(C)CCC9(C)C)n5c6ccc8ccccc8c6c6cccc-7c65)cc43)ccc21. The van der Waals surface area contributed by atoms with E-state index in [2.05, 4.69) is 358 Å². The molecule has 8 heterocycles. The first-order chi connectivity index (χ1) is 57.7. The van der Waals surface area contributed by atoms with Crippen LogP contribution in [0.15, 0.2) is 235 Å². The quantitative estimate of drug-likeness (QED) is 0.161. The molecule has 586 valence electrons. The maximum Gasteiger partial charge on any atom is 0.376 e. The van der Waals surface area contributed by atoms with Gasteiger partial charge in [-0.3, -0.25) is 0 Å². The zero-order valence-electron chi connectivity index (χ0n) is 71.8. The number of nitrogens with zero attached hydrogens (tertiary/aromatic N) is 4. The number of hydrogen-bond donors (Lipinski definition) is 0. The molecule has 2 atom stereocenters. The van der Waals surface area contributed by atoms with Crippen molar-refractivity contribution in [2.24, 2.45) is 0 Å². The van der Waals surface area contributed by atoms with Crippen molar-refractivity contribution in [3.8, 4) is 22.3 Å². The van der Waals surface area contributed by atoms with Crippen LogP contribution >= 0.6 is 11.3 Å². The lowest BCUT2D eigenvalue weighted by atomic mass is 9.47. The van der Waals surface area contributed by atoms with Crippen LogP contribution in [0.2, 0.25) is 0 Å². The second-order valence-corrected chi connectivity index (χ2v) is 43.7. The summed E-state index contributed by atoms with van der Waals surface area (Å²) in [6.07, 6.45) is 11.2. The van der Waals surface area contributed by atoms with Crippen LogP contribution < -0.4 is 31.2 Å². The smallest absolute Gasteiger partial charge is 0.376 e. The van der Waals surface area contributed by atoms with E-state index in [4.69, 9.17) is 4.42 Å². The van der Waals surface area contributed by atoms with E-state index in [0.717, 1.165) is 69.0 Å². The van der Waals surface area contributed by atoms with Crippen molar-refractivity contribution in [1.82, 2.24) is 8.96 Å². The molecule has 0 radical (unpaired) electrons. The normalized spacial score (nSPS) is 20.6. The van der Waals surface area contributed by atoms with Crippen LogP contribution in [0.3, 0.4) is 0 Å². The number of hydrogen-bond acceptors (Lipinski definition) is 4. The van der Waals surface area contributed by atoms with E-state index in [1.165, 1.54) is 225 Å². The van der Waals surface area contributed by atoms with E-state index in [1.807, 2.05) is 0 Å². The molecule has 26 rings (SSSR count). The van der Waals surface area contributed by atoms with Gasteiger partial charge in [-0.2, -0.15) is 0 Å². The number of thiophene rings is 1.